The molecule has 0 spiro atoms. The monoisotopic (exact) mass is 569 g/mol. The first-order valence-corrected chi connectivity index (χ1v) is 12.0. The number of anilines is 1. The van der Waals surface area contributed by atoms with Crippen molar-refractivity contribution in [2.75, 3.05) is 19.0 Å². The fourth-order valence-corrected chi connectivity index (χ4v) is 4.24. The van der Waals surface area contributed by atoms with Crippen molar-refractivity contribution in [1.82, 2.24) is 19.3 Å². The van der Waals surface area contributed by atoms with Gasteiger partial charge < -0.3 is 19.5 Å². The molecule has 0 bridgehead atoms. The summed E-state index contributed by atoms with van der Waals surface area (Å²) in [6.07, 6.45) is -5.70. The lowest BCUT2D eigenvalue weighted by atomic mass is 10.1. The number of rotatable bonds is 8. The zero-order valence-corrected chi connectivity index (χ0v) is 22.0. The Morgan fingerprint density at radius 2 is 1.92 bits per heavy atom. The molecule has 2 heterocycles. The second-order valence-electron chi connectivity index (χ2n) is 8.68. The predicted octanol–water partition coefficient (Wildman–Crippen LogP) is 5.07. The predicted molar refractivity (Wildman–Crippen MR) is 137 cm³/mol. The molecule has 1 N–H and O–H groups in total. The molecule has 0 saturated heterocycles. The highest BCUT2D eigenvalue weighted by molar-refractivity contribution is 6.34. The SMILES string of the molecule is CCn1c(CO)nn(-c2cc(O[C@@H](C)C(F)(F)F)c3c(Oc4c(F)ccc(N(C)C)c4Cl)nccc3c2)c1=O. The highest BCUT2D eigenvalue weighted by Gasteiger charge is 2.38. The zero-order valence-electron chi connectivity index (χ0n) is 21.3. The van der Waals surface area contributed by atoms with E-state index in [1.54, 1.807) is 25.9 Å². The summed E-state index contributed by atoms with van der Waals surface area (Å²) < 4.78 is 68.5. The highest BCUT2D eigenvalue weighted by Crippen LogP contribution is 2.42. The van der Waals surface area contributed by atoms with E-state index in [0.717, 1.165) is 17.7 Å². The first kappa shape index (κ1) is 28.2. The number of ether oxygens (including phenoxy) is 2. The molecule has 0 amide bonds. The van der Waals surface area contributed by atoms with E-state index < -0.39 is 30.4 Å². The van der Waals surface area contributed by atoms with Gasteiger partial charge in [0.25, 0.3) is 0 Å². The fraction of sp³-hybridized carbons (Fsp3) is 0.320. The number of fused-ring (bicyclic) bond motifs is 1. The zero-order chi connectivity index (χ0) is 28.6. The van der Waals surface area contributed by atoms with Crippen molar-refractivity contribution in [3.05, 3.63) is 63.7 Å². The minimum absolute atomic E-state index is 0.0200. The smallest absolute Gasteiger partial charge is 0.425 e. The molecule has 0 radical (unpaired) electrons. The van der Waals surface area contributed by atoms with Crippen molar-refractivity contribution in [1.29, 1.82) is 0 Å². The maximum Gasteiger partial charge on any atom is 0.425 e. The summed E-state index contributed by atoms with van der Waals surface area (Å²) in [4.78, 5) is 18.7. The summed E-state index contributed by atoms with van der Waals surface area (Å²) in [6.45, 7) is 2.17. The molecule has 0 aliphatic rings. The Bertz CT molecular complexity index is 1590. The van der Waals surface area contributed by atoms with E-state index in [9.17, 15) is 27.5 Å². The van der Waals surface area contributed by atoms with E-state index in [0.29, 0.717) is 5.69 Å². The van der Waals surface area contributed by atoms with Gasteiger partial charge in [0, 0.05) is 32.9 Å². The second kappa shape index (κ2) is 10.7. The molecule has 0 fully saturated rings. The number of hydrogen-bond donors (Lipinski definition) is 1. The number of aliphatic hydroxyl groups is 1. The van der Waals surface area contributed by atoms with Crippen molar-refractivity contribution in [2.24, 2.45) is 0 Å². The van der Waals surface area contributed by atoms with Gasteiger partial charge in [0.15, 0.2) is 23.5 Å². The molecule has 0 saturated carbocycles. The number of aliphatic hydroxyl groups excluding tert-OH is 1. The van der Waals surface area contributed by atoms with Crippen LogP contribution in [0.1, 0.15) is 19.7 Å². The summed E-state index contributed by atoms with van der Waals surface area (Å²) in [5.74, 6) is -1.76. The lowest BCUT2D eigenvalue weighted by Crippen LogP contribution is -2.31. The molecule has 2 aromatic carbocycles. The number of benzene rings is 2. The molecule has 2 aromatic heterocycles. The quantitative estimate of drug-likeness (QED) is 0.296. The van der Waals surface area contributed by atoms with Crippen LogP contribution < -0.4 is 20.1 Å². The molecule has 9 nitrogen and oxygen atoms in total. The first-order valence-electron chi connectivity index (χ1n) is 11.7. The Hall–Kier alpha value is -3.84. The van der Waals surface area contributed by atoms with E-state index >= 15 is 0 Å². The third-order valence-electron chi connectivity index (χ3n) is 5.89. The van der Waals surface area contributed by atoms with Crippen molar-refractivity contribution in [3.63, 3.8) is 0 Å². The maximum absolute atomic E-state index is 14.8. The molecule has 4 rings (SSSR count). The van der Waals surface area contributed by atoms with Crippen molar-refractivity contribution in [3.8, 4) is 23.1 Å². The van der Waals surface area contributed by atoms with Crippen LogP contribution in [0.25, 0.3) is 16.5 Å². The Morgan fingerprint density at radius 1 is 1.21 bits per heavy atom. The minimum Gasteiger partial charge on any atom is -0.480 e. The van der Waals surface area contributed by atoms with E-state index in [1.165, 1.54) is 35.0 Å². The molecule has 39 heavy (non-hydrogen) atoms. The van der Waals surface area contributed by atoms with E-state index in [2.05, 4.69) is 10.1 Å². The van der Waals surface area contributed by atoms with Crippen LogP contribution in [0.15, 0.2) is 41.3 Å². The standard InChI is InChI=1S/C25H24ClF4N5O4/c1-5-34-19(12-36)32-35(24(34)37)15-10-14-8-9-31-23(20(14)18(11-15)38-13(2)25(28,29)30)39-22-16(27)6-7-17(21(22)26)33(3)4/h6-11,13,36H,5,12H2,1-4H3/t13-/m0/s1. The Labute approximate surface area is 224 Å². The van der Waals surface area contributed by atoms with Crippen LogP contribution >= 0.6 is 11.6 Å². The Morgan fingerprint density at radius 3 is 2.51 bits per heavy atom. The topological polar surface area (TPSA) is 94.6 Å². The lowest BCUT2D eigenvalue weighted by Gasteiger charge is -2.21. The van der Waals surface area contributed by atoms with Crippen LogP contribution in [-0.2, 0) is 13.2 Å². The average molecular weight is 570 g/mol. The molecule has 1 atom stereocenters. The van der Waals surface area contributed by atoms with E-state index in [-0.39, 0.29) is 51.2 Å². The summed E-state index contributed by atoms with van der Waals surface area (Å²) in [7, 11) is 3.38. The number of pyridine rings is 1. The number of halogens is 5. The van der Waals surface area contributed by atoms with Crippen LogP contribution in [-0.4, -0.2) is 50.8 Å². The summed E-state index contributed by atoms with van der Waals surface area (Å²) in [6, 6.07) is 6.67. The maximum atomic E-state index is 14.8. The first-order chi connectivity index (χ1) is 18.4. The van der Waals surface area contributed by atoms with Gasteiger partial charge in [-0.1, -0.05) is 11.6 Å². The average Bonchev–Trinajstić information content (AvgIpc) is 3.20. The Kier molecular flexibility index (Phi) is 7.75. The molecule has 0 aliphatic carbocycles. The molecule has 0 unspecified atom stereocenters. The number of hydrogen-bond acceptors (Lipinski definition) is 7. The van der Waals surface area contributed by atoms with Gasteiger partial charge in [0.05, 0.1) is 16.8 Å². The summed E-state index contributed by atoms with van der Waals surface area (Å²) in [5, 5.41) is 13.9. The van der Waals surface area contributed by atoms with Crippen LogP contribution in [0, 0.1) is 5.82 Å². The molecule has 208 valence electrons. The van der Waals surface area contributed by atoms with E-state index in [1.807, 2.05) is 0 Å². The lowest BCUT2D eigenvalue weighted by molar-refractivity contribution is -0.189. The van der Waals surface area contributed by atoms with Crippen LogP contribution in [0.5, 0.6) is 17.4 Å². The molecule has 4 aromatic rings. The normalized spacial score (nSPS) is 12.6. The highest BCUT2D eigenvalue weighted by atomic mass is 35.5. The van der Waals surface area contributed by atoms with Gasteiger partial charge in [-0.2, -0.15) is 17.9 Å². The van der Waals surface area contributed by atoms with Gasteiger partial charge in [0.1, 0.15) is 17.4 Å². The Balaban J connectivity index is 1.95. The fourth-order valence-electron chi connectivity index (χ4n) is 3.88. The minimum atomic E-state index is -4.73. The van der Waals surface area contributed by atoms with Gasteiger partial charge in [-0.15, -0.1) is 5.10 Å². The van der Waals surface area contributed by atoms with Gasteiger partial charge in [-0.3, -0.25) is 4.57 Å². The number of nitrogens with zero attached hydrogens (tertiary/aromatic N) is 5. The molecule has 14 heteroatoms. The third-order valence-corrected chi connectivity index (χ3v) is 6.26. The summed E-state index contributed by atoms with van der Waals surface area (Å²) in [5.41, 5.74) is -0.117. The van der Waals surface area contributed by atoms with Gasteiger partial charge >= 0.3 is 11.9 Å². The third kappa shape index (κ3) is 5.36. The largest absolute Gasteiger partial charge is 0.480 e. The van der Waals surface area contributed by atoms with Crippen LogP contribution in [0.4, 0.5) is 23.2 Å². The van der Waals surface area contributed by atoms with Crippen LogP contribution in [0.2, 0.25) is 5.02 Å². The molecule has 0 aliphatic heterocycles. The van der Waals surface area contributed by atoms with Gasteiger partial charge in [-0.25, -0.2) is 14.2 Å². The van der Waals surface area contributed by atoms with Gasteiger partial charge in [0.2, 0.25) is 5.88 Å². The molecular formula is C25H24ClF4N5O4. The van der Waals surface area contributed by atoms with Crippen molar-refractivity contribution < 1.29 is 32.1 Å². The van der Waals surface area contributed by atoms with Gasteiger partial charge in [-0.05, 0) is 43.5 Å². The molecular weight excluding hydrogens is 546 g/mol. The van der Waals surface area contributed by atoms with Crippen LogP contribution in [0.3, 0.4) is 0 Å². The number of aromatic nitrogens is 4. The number of alkyl halides is 3. The second-order valence-corrected chi connectivity index (χ2v) is 9.06. The van der Waals surface area contributed by atoms with Crippen molar-refractivity contribution >= 4 is 28.1 Å². The summed E-state index contributed by atoms with van der Waals surface area (Å²) >= 11 is 6.38. The van der Waals surface area contributed by atoms with E-state index in [4.69, 9.17) is 21.1 Å². The van der Waals surface area contributed by atoms with Crippen molar-refractivity contribution in [2.45, 2.75) is 39.3 Å².